The van der Waals surface area contributed by atoms with Gasteiger partial charge in [-0.25, -0.2) is 0 Å². The second-order valence-corrected chi connectivity index (χ2v) is 9.73. The molecule has 1 aliphatic heterocycles. The van der Waals surface area contributed by atoms with Crippen LogP contribution in [0.2, 0.25) is 0 Å². The van der Waals surface area contributed by atoms with Crippen molar-refractivity contribution in [1.82, 2.24) is 10.6 Å². The van der Waals surface area contributed by atoms with E-state index in [0.717, 1.165) is 25.8 Å². The minimum Gasteiger partial charge on any atom is -0.394 e. The number of unbranched alkanes of at least 4 members (excludes halogenated alkanes) is 9. The fourth-order valence-electron chi connectivity index (χ4n) is 4.78. The van der Waals surface area contributed by atoms with E-state index in [4.69, 9.17) is 24.1 Å². The van der Waals surface area contributed by atoms with Gasteiger partial charge in [-0.3, -0.25) is 0 Å². The maximum Gasteiger partial charge on any atom is 0.282 e. The zero-order valence-electron chi connectivity index (χ0n) is 23.5. The zero-order chi connectivity index (χ0) is 27.4. The van der Waals surface area contributed by atoms with E-state index < -0.39 is 43.2 Å². The first-order valence-corrected chi connectivity index (χ1v) is 14.6. The number of rotatable bonds is 24. The van der Waals surface area contributed by atoms with Crippen LogP contribution in [0.3, 0.4) is 0 Å². The Labute approximate surface area is 224 Å². The van der Waals surface area contributed by atoms with Crippen LogP contribution in [0.4, 0.5) is 0 Å². The predicted molar refractivity (Wildman–Crippen MR) is 143 cm³/mol. The molecule has 6 N–H and O–H groups in total. The minimum absolute atomic E-state index is 0.454. The lowest BCUT2D eigenvalue weighted by molar-refractivity contribution is -0.380. The summed E-state index contributed by atoms with van der Waals surface area (Å²) >= 11 is 0. The van der Waals surface area contributed by atoms with Crippen molar-refractivity contribution < 1.29 is 39.4 Å². The molecular formula is C27H56N2O8. The molecular weight excluding hydrogens is 480 g/mol. The van der Waals surface area contributed by atoms with Crippen LogP contribution in [-0.2, 0) is 18.9 Å². The molecule has 1 rings (SSSR count). The Balaban J connectivity index is 1.93. The van der Waals surface area contributed by atoms with Gasteiger partial charge in [0.2, 0.25) is 0 Å². The average Bonchev–Trinajstić information content (AvgIpc) is 2.88. The summed E-state index contributed by atoms with van der Waals surface area (Å²) in [4.78, 5) is 0. The average molecular weight is 537 g/mol. The molecule has 0 amide bonds. The molecule has 0 spiro atoms. The number of aliphatic hydroxyl groups excluding tert-OH is 4. The third-order valence-electron chi connectivity index (χ3n) is 6.76. The molecule has 10 heteroatoms. The van der Waals surface area contributed by atoms with E-state index in [-0.39, 0.29) is 0 Å². The first-order valence-electron chi connectivity index (χ1n) is 14.6. The molecule has 1 aliphatic rings. The van der Waals surface area contributed by atoms with E-state index in [1.54, 1.807) is 0 Å². The molecule has 1 heterocycles. The summed E-state index contributed by atoms with van der Waals surface area (Å²) in [6.07, 6.45) is 8.27. The Kier molecular flexibility index (Phi) is 20.1. The largest absolute Gasteiger partial charge is 0.394 e. The van der Waals surface area contributed by atoms with Gasteiger partial charge < -0.3 is 50.0 Å². The van der Waals surface area contributed by atoms with E-state index in [9.17, 15) is 15.3 Å². The van der Waals surface area contributed by atoms with Gasteiger partial charge in [0.15, 0.2) is 6.29 Å². The first-order chi connectivity index (χ1) is 17.9. The molecule has 0 saturated carbocycles. The topological polar surface area (TPSA) is 142 Å². The van der Waals surface area contributed by atoms with Crippen molar-refractivity contribution >= 4 is 0 Å². The van der Waals surface area contributed by atoms with Crippen molar-refractivity contribution in [3.63, 3.8) is 0 Å². The fourth-order valence-corrected chi connectivity index (χ4v) is 4.78. The highest BCUT2D eigenvalue weighted by Gasteiger charge is 2.43. The lowest BCUT2D eigenvalue weighted by Gasteiger charge is -2.40. The summed E-state index contributed by atoms with van der Waals surface area (Å²) in [7, 11) is 0. The van der Waals surface area contributed by atoms with Crippen LogP contribution >= 0.6 is 0 Å². The molecule has 37 heavy (non-hydrogen) atoms. The van der Waals surface area contributed by atoms with Crippen LogP contribution in [-0.4, -0.2) is 103 Å². The summed E-state index contributed by atoms with van der Waals surface area (Å²) in [5.41, 5.74) is 0. The highest BCUT2D eigenvalue weighted by atomic mass is 16.9. The van der Waals surface area contributed by atoms with Crippen LogP contribution in [0.25, 0.3) is 0 Å². The van der Waals surface area contributed by atoms with Gasteiger partial charge in [0, 0.05) is 39.3 Å². The highest BCUT2D eigenvalue weighted by molar-refractivity contribution is 4.92. The summed E-state index contributed by atoms with van der Waals surface area (Å²) in [6.45, 7) is 9.35. The van der Waals surface area contributed by atoms with Gasteiger partial charge in [0.1, 0.15) is 18.3 Å². The van der Waals surface area contributed by atoms with Crippen molar-refractivity contribution in [2.24, 2.45) is 0 Å². The molecule has 0 aromatic carbocycles. The third-order valence-corrected chi connectivity index (χ3v) is 6.76. The van der Waals surface area contributed by atoms with E-state index >= 15 is 0 Å². The quantitative estimate of drug-likeness (QED) is 0.0801. The summed E-state index contributed by atoms with van der Waals surface area (Å²) in [5.74, 6) is -0.868. The number of ether oxygens (including phenoxy) is 4. The van der Waals surface area contributed by atoms with E-state index in [2.05, 4.69) is 10.6 Å². The third kappa shape index (κ3) is 14.0. The molecule has 0 aromatic rings. The minimum atomic E-state index is -1.27. The molecule has 222 valence electrons. The predicted octanol–water partition coefficient (Wildman–Crippen LogP) is 2.02. The van der Waals surface area contributed by atoms with Gasteiger partial charge >= 0.3 is 0 Å². The molecule has 1 unspecified atom stereocenters. The molecule has 0 aromatic heterocycles. The van der Waals surface area contributed by atoms with Crippen LogP contribution in [0.15, 0.2) is 0 Å². The zero-order valence-corrected chi connectivity index (χ0v) is 23.5. The van der Waals surface area contributed by atoms with Crippen molar-refractivity contribution in [3.05, 3.63) is 0 Å². The standard InChI is InChI=1S/C27H56N2O8/c1-4-34-27(35-5-2,36-6-3)17-15-13-11-9-7-8-10-12-14-16-18-28-19-20-29-23-25(32)24(31)22(21-30)37-26(23)33/h22-26,28-33H,4-21H2,1-3H3/t22-,23-,24-,25-,26?/m1/s1. The van der Waals surface area contributed by atoms with Gasteiger partial charge in [0.05, 0.1) is 12.6 Å². The van der Waals surface area contributed by atoms with Gasteiger partial charge in [-0.1, -0.05) is 51.4 Å². The SMILES string of the molecule is CCOC(CCCCCCCCCCCCNCCN[C@H]1C(O)O[C@H](CO)[C@@H](O)[C@@H]1O)(OCC)OCC. The van der Waals surface area contributed by atoms with Crippen molar-refractivity contribution in [3.8, 4) is 0 Å². The number of hydrogen-bond donors (Lipinski definition) is 6. The monoisotopic (exact) mass is 536 g/mol. The molecule has 5 atom stereocenters. The van der Waals surface area contributed by atoms with Crippen molar-refractivity contribution in [2.75, 3.05) is 46.1 Å². The Morgan fingerprint density at radius 3 is 1.70 bits per heavy atom. The number of aliphatic hydroxyl groups is 4. The fraction of sp³-hybridized carbons (Fsp3) is 1.00. The summed E-state index contributed by atoms with van der Waals surface area (Å²) < 4.78 is 22.5. The van der Waals surface area contributed by atoms with Crippen molar-refractivity contribution in [1.29, 1.82) is 0 Å². The summed E-state index contributed by atoms with van der Waals surface area (Å²) in [6, 6.07) is -0.784. The molecule has 0 aliphatic carbocycles. The molecule has 1 saturated heterocycles. The second-order valence-electron chi connectivity index (χ2n) is 9.73. The smallest absolute Gasteiger partial charge is 0.282 e. The lowest BCUT2D eigenvalue weighted by Crippen LogP contribution is -2.63. The molecule has 10 nitrogen and oxygen atoms in total. The number of nitrogens with one attached hydrogen (secondary N) is 2. The highest BCUT2D eigenvalue weighted by Crippen LogP contribution is 2.24. The maximum atomic E-state index is 10.1. The van der Waals surface area contributed by atoms with E-state index in [1.807, 2.05) is 20.8 Å². The van der Waals surface area contributed by atoms with Crippen molar-refractivity contribution in [2.45, 2.75) is 128 Å². The van der Waals surface area contributed by atoms with Gasteiger partial charge in [0.25, 0.3) is 5.97 Å². The molecule has 1 fully saturated rings. The van der Waals surface area contributed by atoms with Gasteiger partial charge in [-0.05, 0) is 40.2 Å². The molecule has 0 radical (unpaired) electrons. The summed E-state index contributed by atoms with van der Waals surface area (Å²) in [5, 5.41) is 45.5. The normalized spacial score (nSPS) is 24.6. The Bertz CT molecular complexity index is 514. The first kappa shape index (κ1) is 34.6. The number of hydrogen-bond acceptors (Lipinski definition) is 10. The van der Waals surface area contributed by atoms with Crippen LogP contribution in [0.1, 0.15) is 91.4 Å². The van der Waals surface area contributed by atoms with E-state index in [1.165, 1.54) is 51.4 Å². The Morgan fingerprint density at radius 2 is 1.19 bits per heavy atom. The van der Waals surface area contributed by atoms with Crippen LogP contribution < -0.4 is 10.6 Å². The van der Waals surface area contributed by atoms with Gasteiger partial charge in [-0.15, -0.1) is 0 Å². The van der Waals surface area contributed by atoms with Gasteiger partial charge in [-0.2, -0.15) is 0 Å². The second kappa shape index (κ2) is 21.4. The van der Waals surface area contributed by atoms with Crippen LogP contribution in [0, 0.1) is 0 Å². The van der Waals surface area contributed by atoms with Crippen LogP contribution in [0.5, 0.6) is 0 Å². The Hall–Kier alpha value is -0.400. The maximum absolute atomic E-state index is 10.1. The van der Waals surface area contributed by atoms with E-state index in [0.29, 0.717) is 32.9 Å². The molecule has 0 bridgehead atoms. The Morgan fingerprint density at radius 1 is 0.676 bits per heavy atom. The lowest BCUT2D eigenvalue weighted by atomic mass is 9.97.